The van der Waals surface area contributed by atoms with Gasteiger partial charge < -0.3 is 5.32 Å². The Kier molecular flexibility index (Phi) is 9.70. The Balaban J connectivity index is 0.00000242. The average molecular weight is 364 g/mol. The standard InChI is InChI=1S/C16H25N3O2.2ClH/c1-4-12(2)16(18-9-7-17-8-10-18)14-6-5-13(3)15(11-14)19(20)21;;/h5-6,11-12,16-17H,4,7-10H2,1-3H3;2*1H/t12?,16-;;/m0../s1. The molecule has 0 amide bonds. The van der Waals surface area contributed by atoms with Gasteiger partial charge in [0.05, 0.1) is 4.92 Å². The molecule has 132 valence electrons. The zero-order chi connectivity index (χ0) is 15.4. The van der Waals surface area contributed by atoms with Crippen LogP contribution in [0.2, 0.25) is 0 Å². The van der Waals surface area contributed by atoms with Crippen LogP contribution in [0.3, 0.4) is 0 Å². The van der Waals surface area contributed by atoms with E-state index in [9.17, 15) is 10.1 Å². The van der Waals surface area contributed by atoms with E-state index in [0.29, 0.717) is 5.92 Å². The first-order valence-corrected chi connectivity index (χ1v) is 7.74. The molecule has 1 N–H and O–H groups in total. The van der Waals surface area contributed by atoms with Gasteiger partial charge in [0.2, 0.25) is 0 Å². The van der Waals surface area contributed by atoms with Crippen LogP contribution in [0, 0.1) is 23.0 Å². The summed E-state index contributed by atoms with van der Waals surface area (Å²) in [5.41, 5.74) is 2.03. The summed E-state index contributed by atoms with van der Waals surface area (Å²) in [5.74, 6) is 0.477. The van der Waals surface area contributed by atoms with Gasteiger partial charge in [-0.15, -0.1) is 24.8 Å². The molecule has 0 aromatic heterocycles. The number of nitrogens with zero attached hydrogens (tertiary/aromatic N) is 2. The van der Waals surface area contributed by atoms with Crippen LogP contribution in [0.4, 0.5) is 5.69 Å². The number of hydrogen-bond acceptors (Lipinski definition) is 4. The third-order valence-corrected chi connectivity index (χ3v) is 4.50. The minimum Gasteiger partial charge on any atom is -0.314 e. The lowest BCUT2D eigenvalue weighted by Crippen LogP contribution is -2.46. The Morgan fingerprint density at radius 2 is 1.91 bits per heavy atom. The number of nitro benzene ring substituents is 1. The van der Waals surface area contributed by atoms with E-state index >= 15 is 0 Å². The zero-order valence-corrected chi connectivity index (χ0v) is 15.6. The van der Waals surface area contributed by atoms with Gasteiger partial charge in [-0.05, 0) is 18.4 Å². The van der Waals surface area contributed by atoms with Gasteiger partial charge in [-0.1, -0.05) is 32.4 Å². The Bertz CT molecular complexity index is 508. The molecule has 0 spiro atoms. The number of hydrogen-bond donors (Lipinski definition) is 1. The van der Waals surface area contributed by atoms with Crippen LogP contribution in [0.15, 0.2) is 18.2 Å². The van der Waals surface area contributed by atoms with Gasteiger partial charge in [-0.25, -0.2) is 0 Å². The molecule has 1 heterocycles. The predicted molar refractivity (Wildman–Crippen MR) is 99.0 cm³/mol. The molecule has 1 aromatic carbocycles. The van der Waals surface area contributed by atoms with Crippen LogP contribution < -0.4 is 5.32 Å². The molecule has 0 saturated carbocycles. The molecule has 1 aliphatic rings. The van der Waals surface area contributed by atoms with E-state index in [0.717, 1.165) is 43.7 Å². The van der Waals surface area contributed by atoms with Gasteiger partial charge in [0.25, 0.3) is 5.69 Å². The minimum atomic E-state index is -0.274. The third-order valence-electron chi connectivity index (χ3n) is 4.50. The molecule has 0 aliphatic carbocycles. The fourth-order valence-electron chi connectivity index (χ4n) is 3.09. The summed E-state index contributed by atoms with van der Waals surface area (Å²) in [6.07, 6.45) is 1.07. The fraction of sp³-hybridized carbons (Fsp3) is 0.625. The first kappa shape index (κ1) is 22.1. The maximum atomic E-state index is 11.2. The van der Waals surface area contributed by atoms with Crippen LogP contribution in [-0.2, 0) is 0 Å². The Morgan fingerprint density at radius 1 is 1.30 bits per heavy atom. The minimum absolute atomic E-state index is 0. The van der Waals surface area contributed by atoms with Crippen molar-refractivity contribution in [2.45, 2.75) is 33.2 Å². The normalized spacial score (nSPS) is 17.5. The van der Waals surface area contributed by atoms with Crippen molar-refractivity contribution in [2.24, 2.45) is 5.92 Å². The number of nitrogens with one attached hydrogen (secondary N) is 1. The number of rotatable bonds is 5. The van der Waals surface area contributed by atoms with Crippen molar-refractivity contribution >= 4 is 30.5 Å². The van der Waals surface area contributed by atoms with E-state index in [4.69, 9.17) is 0 Å². The topological polar surface area (TPSA) is 58.4 Å². The van der Waals surface area contributed by atoms with Crippen molar-refractivity contribution in [1.82, 2.24) is 10.2 Å². The van der Waals surface area contributed by atoms with Gasteiger partial charge in [-0.2, -0.15) is 0 Å². The molecule has 0 radical (unpaired) electrons. The summed E-state index contributed by atoms with van der Waals surface area (Å²) in [6.45, 7) is 10.2. The monoisotopic (exact) mass is 363 g/mol. The summed E-state index contributed by atoms with van der Waals surface area (Å²) >= 11 is 0. The molecular formula is C16H27Cl2N3O2. The quantitative estimate of drug-likeness (QED) is 0.639. The number of nitro groups is 1. The Labute approximate surface area is 150 Å². The summed E-state index contributed by atoms with van der Waals surface area (Å²) in [6, 6.07) is 5.97. The van der Waals surface area contributed by atoms with E-state index in [1.807, 2.05) is 6.07 Å². The van der Waals surface area contributed by atoms with Crippen molar-refractivity contribution in [3.63, 3.8) is 0 Å². The van der Waals surface area contributed by atoms with E-state index in [2.05, 4.69) is 30.1 Å². The van der Waals surface area contributed by atoms with Crippen molar-refractivity contribution in [3.8, 4) is 0 Å². The molecule has 1 unspecified atom stereocenters. The maximum Gasteiger partial charge on any atom is 0.272 e. The molecule has 1 aromatic rings. The molecule has 0 bridgehead atoms. The fourth-order valence-corrected chi connectivity index (χ4v) is 3.09. The lowest BCUT2D eigenvalue weighted by molar-refractivity contribution is -0.385. The van der Waals surface area contributed by atoms with Crippen molar-refractivity contribution in [2.75, 3.05) is 26.2 Å². The van der Waals surface area contributed by atoms with E-state index in [1.54, 1.807) is 13.0 Å². The molecule has 1 fully saturated rings. The van der Waals surface area contributed by atoms with Crippen LogP contribution in [0.1, 0.15) is 37.4 Å². The van der Waals surface area contributed by atoms with Gasteiger partial charge in [0.15, 0.2) is 0 Å². The van der Waals surface area contributed by atoms with Gasteiger partial charge >= 0.3 is 0 Å². The van der Waals surface area contributed by atoms with Gasteiger partial charge in [0, 0.05) is 43.9 Å². The Hall–Kier alpha value is -0.880. The van der Waals surface area contributed by atoms with Crippen molar-refractivity contribution in [3.05, 3.63) is 39.4 Å². The maximum absolute atomic E-state index is 11.2. The largest absolute Gasteiger partial charge is 0.314 e. The zero-order valence-electron chi connectivity index (χ0n) is 13.9. The number of aryl methyl sites for hydroxylation is 1. The summed E-state index contributed by atoms with van der Waals surface area (Å²) < 4.78 is 0. The molecular weight excluding hydrogens is 337 g/mol. The molecule has 1 aliphatic heterocycles. The second-order valence-electron chi connectivity index (χ2n) is 5.92. The molecule has 1 saturated heterocycles. The predicted octanol–water partition coefficient (Wildman–Crippen LogP) is 3.74. The highest BCUT2D eigenvalue weighted by Gasteiger charge is 2.28. The van der Waals surface area contributed by atoms with Crippen LogP contribution in [-0.4, -0.2) is 36.0 Å². The van der Waals surface area contributed by atoms with Crippen LogP contribution in [0.5, 0.6) is 0 Å². The Morgan fingerprint density at radius 3 is 2.43 bits per heavy atom. The summed E-state index contributed by atoms with van der Waals surface area (Å²) in [4.78, 5) is 13.4. The highest BCUT2D eigenvalue weighted by molar-refractivity contribution is 5.85. The molecule has 7 heteroatoms. The smallest absolute Gasteiger partial charge is 0.272 e. The third kappa shape index (κ3) is 5.31. The van der Waals surface area contributed by atoms with Crippen molar-refractivity contribution in [1.29, 1.82) is 0 Å². The second-order valence-corrected chi connectivity index (χ2v) is 5.92. The molecule has 23 heavy (non-hydrogen) atoms. The van der Waals surface area contributed by atoms with Gasteiger partial charge in [-0.3, -0.25) is 15.0 Å². The molecule has 2 rings (SSSR count). The van der Waals surface area contributed by atoms with E-state index < -0.39 is 0 Å². The first-order chi connectivity index (χ1) is 10.0. The lowest BCUT2D eigenvalue weighted by atomic mass is 9.89. The van der Waals surface area contributed by atoms with E-state index in [-0.39, 0.29) is 41.5 Å². The summed E-state index contributed by atoms with van der Waals surface area (Å²) in [7, 11) is 0. The molecule has 5 nitrogen and oxygen atoms in total. The first-order valence-electron chi connectivity index (χ1n) is 7.74. The number of piperazine rings is 1. The lowest BCUT2D eigenvalue weighted by Gasteiger charge is -2.38. The van der Waals surface area contributed by atoms with E-state index in [1.165, 1.54) is 0 Å². The number of halogens is 2. The van der Waals surface area contributed by atoms with Crippen LogP contribution >= 0.6 is 24.8 Å². The SMILES string of the molecule is CCC(C)[C@@H](c1ccc(C)c([N+](=O)[O-])c1)N1CCNCC1.Cl.Cl. The molecule has 2 atom stereocenters. The number of benzene rings is 1. The van der Waals surface area contributed by atoms with Crippen molar-refractivity contribution < 1.29 is 4.92 Å². The second kappa shape index (κ2) is 10.1. The average Bonchev–Trinajstić information content (AvgIpc) is 2.49. The van der Waals surface area contributed by atoms with Gasteiger partial charge in [0.1, 0.15) is 0 Å². The highest BCUT2D eigenvalue weighted by atomic mass is 35.5. The highest BCUT2D eigenvalue weighted by Crippen LogP contribution is 2.33. The van der Waals surface area contributed by atoms with Crippen LogP contribution in [0.25, 0.3) is 0 Å². The summed E-state index contributed by atoms with van der Waals surface area (Å²) in [5, 5.41) is 14.6.